The van der Waals surface area contributed by atoms with Gasteiger partial charge in [-0.1, -0.05) is 269 Å². The predicted octanol–water partition coefficient (Wildman–Crippen LogP) is 21.9. The maximum atomic E-state index is 12.8. The van der Waals surface area contributed by atoms with Crippen molar-refractivity contribution in [3.8, 4) is 0 Å². The van der Waals surface area contributed by atoms with Crippen LogP contribution in [0.15, 0.2) is 146 Å². The molecule has 0 fully saturated rings. The van der Waals surface area contributed by atoms with E-state index >= 15 is 0 Å². The van der Waals surface area contributed by atoms with Gasteiger partial charge in [-0.2, -0.15) is 0 Å². The Morgan fingerprint density at radius 1 is 0.269 bits per heavy atom. The van der Waals surface area contributed by atoms with Gasteiger partial charge in [0.05, 0.1) is 0 Å². The molecular weight excluding hydrogens is 961 g/mol. The van der Waals surface area contributed by atoms with Gasteiger partial charge in [0, 0.05) is 19.3 Å². The fourth-order valence-electron chi connectivity index (χ4n) is 8.32. The summed E-state index contributed by atoms with van der Waals surface area (Å²) >= 11 is 0. The van der Waals surface area contributed by atoms with Crippen LogP contribution in [0.1, 0.15) is 271 Å². The van der Waals surface area contributed by atoms with Crippen LogP contribution in [0.4, 0.5) is 0 Å². The average Bonchev–Trinajstić information content (AvgIpc) is 3.44. The first-order chi connectivity index (χ1) is 38.5. The molecule has 78 heavy (non-hydrogen) atoms. The summed E-state index contributed by atoms with van der Waals surface area (Å²) in [6.45, 7) is 6.42. The first-order valence-corrected chi connectivity index (χ1v) is 31.8. The number of hydrogen-bond donors (Lipinski definition) is 0. The molecule has 0 aliphatic heterocycles. The molecule has 440 valence electrons. The van der Waals surface area contributed by atoms with E-state index in [9.17, 15) is 14.4 Å². The van der Waals surface area contributed by atoms with Crippen molar-refractivity contribution < 1.29 is 28.6 Å². The lowest BCUT2D eigenvalue weighted by Gasteiger charge is -2.18. The van der Waals surface area contributed by atoms with Crippen LogP contribution in [0.5, 0.6) is 0 Å². The highest BCUT2D eigenvalue weighted by Crippen LogP contribution is 2.14. The number of esters is 3. The Morgan fingerprint density at radius 3 is 0.795 bits per heavy atom. The summed E-state index contributed by atoms with van der Waals surface area (Å²) in [7, 11) is 0. The average molecular weight is 1080 g/mol. The van der Waals surface area contributed by atoms with Crippen LogP contribution in [0.25, 0.3) is 0 Å². The molecule has 0 aliphatic carbocycles. The minimum atomic E-state index is -0.799. The van der Waals surface area contributed by atoms with Crippen molar-refractivity contribution in [2.75, 3.05) is 13.2 Å². The predicted molar refractivity (Wildman–Crippen MR) is 339 cm³/mol. The number of carbonyl (C=O) groups is 3. The Kier molecular flexibility index (Phi) is 60.9. The van der Waals surface area contributed by atoms with Crippen LogP contribution in [0.2, 0.25) is 0 Å². The lowest BCUT2D eigenvalue weighted by Crippen LogP contribution is -2.30. The Morgan fingerprint density at radius 2 is 0.500 bits per heavy atom. The first kappa shape index (κ1) is 73.3. The van der Waals surface area contributed by atoms with Gasteiger partial charge in [-0.05, 0) is 128 Å². The number of rotatable bonds is 56. The van der Waals surface area contributed by atoms with Gasteiger partial charge in [0.25, 0.3) is 0 Å². The standard InChI is InChI=1S/C72H116O6/c1-4-7-10-13-16-18-20-22-24-26-28-30-32-33-34-35-36-37-38-39-41-42-44-46-48-50-52-54-56-59-62-65-71(74)77-68-69(67-76-70(73)64-61-58-15-12-9-6-3)78-72(75)66-63-60-57-55-53-51-49-47-45-43-40-31-29-27-25-23-21-19-17-14-11-8-5-2/h7,10,16,18,21-24,27-30,33-34,36-37,39-41,43-44,46,50,52,69H,4-6,8-9,11-15,17,19-20,25-26,31-32,35,38,42,45,47-49,51,53-68H2,1-3H3/b10-7-,18-16-,23-21-,24-22-,29-27-,30-28-,34-33-,37-36-,41-39-,43-40-,46-44-,52-50-. The van der Waals surface area contributed by atoms with Crippen molar-refractivity contribution in [3.05, 3.63) is 146 Å². The molecule has 0 aromatic rings. The molecule has 0 heterocycles. The van der Waals surface area contributed by atoms with E-state index in [1.165, 1.54) is 89.9 Å². The van der Waals surface area contributed by atoms with Crippen molar-refractivity contribution in [1.29, 1.82) is 0 Å². The van der Waals surface area contributed by atoms with E-state index in [1.807, 2.05) is 0 Å². The molecule has 0 radical (unpaired) electrons. The van der Waals surface area contributed by atoms with Gasteiger partial charge >= 0.3 is 17.9 Å². The normalized spacial score (nSPS) is 13.1. The maximum absolute atomic E-state index is 12.8. The summed E-state index contributed by atoms with van der Waals surface area (Å²) in [4.78, 5) is 38.0. The zero-order valence-corrected chi connectivity index (χ0v) is 50.4. The second-order valence-electron chi connectivity index (χ2n) is 20.6. The van der Waals surface area contributed by atoms with E-state index in [4.69, 9.17) is 14.2 Å². The number of ether oxygens (including phenoxy) is 3. The zero-order chi connectivity index (χ0) is 56.4. The summed E-state index contributed by atoms with van der Waals surface area (Å²) < 4.78 is 16.8. The molecular formula is C72H116O6. The fraction of sp³-hybridized carbons (Fsp3) is 0.625. The Hall–Kier alpha value is -4.71. The molecule has 1 unspecified atom stereocenters. The third kappa shape index (κ3) is 62.1. The lowest BCUT2D eigenvalue weighted by atomic mass is 10.1. The van der Waals surface area contributed by atoms with Crippen molar-refractivity contribution in [2.45, 2.75) is 277 Å². The topological polar surface area (TPSA) is 78.9 Å². The Labute approximate surface area is 480 Å². The van der Waals surface area contributed by atoms with Crippen molar-refractivity contribution in [3.63, 3.8) is 0 Å². The smallest absolute Gasteiger partial charge is 0.306 e. The van der Waals surface area contributed by atoms with Crippen LogP contribution in [-0.2, 0) is 28.6 Å². The highest BCUT2D eigenvalue weighted by Gasteiger charge is 2.19. The Balaban J connectivity index is 4.23. The van der Waals surface area contributed by atoms with E-state index in [1.54, 1.807) is 0 Å². The molecule has 0 N–H and O–H groups in total. The molecule has 0 saturated carbocycles. The molecule has 0 spiro atoms. The maximum Gasteiger partial charge on any atom is 0.306 e. The van der Waals surface area contributed by atoms with Crippen LogP contribution >= 0.6 is 0 Å². The second-order valence-corrected chi connectivity index (χ2v) is 20.6. The molecule has 0 amide bonds. The molecule has 0 aromatic heterocycles. The summed E-state index contributed by atoms with van der Waals surface area (Å²) in [5.74, 6) is -0.950. The van der Waals surface area contributed by atoms with Gasteiger partial charge < -0.3 is 14.2 Å². The van der Waals surface area contributed by atoms with Gasteiger partial charge in [-0.15, -0.1) is 0 Å². The van der Waals surface area contributed by atoms with E-state index in [0.717, 1.165) is 141 Å². The van der Waals surface area contributed by atoms with Gasteiger partial charge in [0.15, 0.2) is 6.10 Å². The van der Waals surface area contributed by atoms with E-state index in [0.29, 0.717) is 19.3 Å². The second kappa shape index (κ2) is 64.8. The van der Waals surface area contributed by atoms with Crippen LogP contribution in [0.3, 0.4) is 0 Å². The molecule has 1 atom stereocenters. The fourth-order valence-corrected chi connectivity index (χ4v) is 8.32. The molecule has 6 heteroatoms. The number of hydrogen-bond acceptors (Lipinski definition) is 6. The van der Waals surface area contributed by atoms with Gasteiger partial charge in [-0.3, -0.25) is 14.4 Å². The molecule has 6 nitrogen and oxygen atoms in total. The highest BCUT2D eigenvalue weighted by molar-refractivity contribution is 5.71. The molecule has 0 aromatic carbocycles. The molecule has 0 saturated heterocycles. The third-order valence-electron chi connectivity index (χ3n) is 13.1. The lowest BCUT2D eigenvalue weighted by molar-refractivity contribution is -0.167. The van der Waals surface area contributed by atoms with Crippen LogP contribution in [-0.4, -0.2) is 37.2 Å². The Bertz CT molecular complexity index is 1710. The van der Waals surface area contributed by atoms with Crippen LogP contribution < -0.4 is 0 Å². The summed E-state index contributed by atoms with van der Waals surface area (Å²) in [5, 5.41) is 0. The number of unbranched alkanes of at least 4 members (excludes halogenated alkanes) is 21. The van der Waals surface area contributed by atoms with E-state index in [-0.39, 0.29) is 31.1 Å². The number of carbonyl (C=O) groups excluding carboxylic acids is 3. The minimum absolute atomic E-state index is 0.0962. The van der Waals surface area contributed by atoms with Crippen molar-refractivity contribution in [2.24, 2.45) is 0 Å². The highest BCUT2D eigenvalue weighted by atomic mass is 16.6. The first-order valence-electron chi connectivity index (χ1n) is 31.8. The largest absolute Gasteiger partial charge is 0.462 e. The van der Waals surface area contributed by atoms with Crippen LogP contribution in [0, 0.1) is 0 Å². The molecule has 0 bridgehead atoms. The zero-order valence-electron chi connectivity index (χ0n) is 50.4. The van der Waals surface area contributed by atoms with Crippen molar-refractivity contribution >= 4 is 17.9 Å². The van der Waals surface area contributed by atoms with Crippen molar-refractivity contribution in [1.82, 2.24) is 0 Å². The molecule has 0 rings (SSSR count). The minimum Gasteiger partial charge on any atom is -0.462 e. The number of allylic oxidation sites excluding steroid dienone is 24. The van der Waals surface area contributed by atoms with Gasteiger partial charge in [0.1, 0.15) is 13.2 Å². The third-order valence-corrected chi connectivity index (χ3v) is 13.1. The SMILES string of the molecule is CC/C=C\C/C=C\C/C=C\C/C=C\C/C=C\C/C=C\C/C=C\C/C=C\C/C=C\CCCCCC(=O)OCC(COC(=O)CCCCCCCC)OC(=O)CCCCCCCCCC/C=C\C/C=C\C/C=C\CCCCCCC. The quantitative estimate of drug-likeness (QED) is 0.0261. The van der Waals surface area contributed by atoms with Gasteiger partial charge in [0.2, 0.25) is 0 Å². The molecule has 0 aliphatic rings. The summed E-state index contributed by atoms with van der Waals surface area (Å²) in [6.07, 6.45) is 93.1. The van der Waals surface area contributed by atoms with E-state index < -0.39 is 6.10 Å². The van der Waals surface area contributed by atoms with E-state index in [2.05, 4.69) is 167 Å². The monoisotopic (exact) mass is 1080 g/mol. The summed E-state index contributed by atoms with van der Waals surface area (Å²) in [6, 6.07) is 0. The summed E-state index contributed by atoms with van der Waals surface area (Å²) in [5.41, 5.74) is 0. The van der Waals surface area contributed by atoms with Gasteiger partial charge in [-0.25, -0.2) is 0 Å².